The van der Waals surface area contributed by atoms with Crippen LogP contribution in [0, 0.1) is 5.82 Å². The Morgan fingerprint density at radius 3 is 2.93 bits per heavy atom. The van der Waals surface area contributed by atoms with Crippen LogP contribution in [0.25, 0.3) is 0 Å². The van der Waals surface area contributed by atoms with Crippen LogP contribution in [-0.2, 0) is 11.2 Å². The summed E-state index contributed by atoms with van der Waals surface area (Å²) in [6.07, 6.45) is -0.00255. The van der Waals surface area contributed by atoms with E-state index in [1.807, 2.05) is 5.43 Å². The zero-order valence-electron chi connectivity index (χ0n) is 7.71. The van der Waals surface area contributed by atoms with E-state index in [4.69, 9.17) is 10.6 Å². The Hall–Kier alpha value is -1.62. The fourth-order valence-corrected chi connectivity index (χ4v) is 1.11. The maximum Gasteiger partial charge on any atom is 0.238 e. The fourth-order valence-electron chi connectivity index (χ4n) is 1.11. The topological polar surface area (TPSA) is 64.3 Å². The monoisotopic (exact) mass is 198 g/mol. The van der Waals surface area contributed by atoms with Crippen molar-refractivity contribution in [3.05, 3.63) is 29.6 Å². The molecule has 1 amide bonds. The Bertz CT molecular complexity index is 342. The molecule has 0 unspecified atom stereocenters. The highest BCUT2D eigenvalue weighted by atomic mass is 19.1. The van der Waals surface area contributed by atoms with Crippen molar-refractivity contribution in [2.45, 2.75) is 6.42 Å². The lowest BCUT2D eigenvalue weighted by Gasteiger charge is -2.07. The van der Waals surface area contributed by atoms with Crippen LogP contribution in [0.3, 0.4) is 0 Å². The van der Waals surface area contributed by atoms with Gasteiger partial charge in [-0.05, 0) is 18.2 Å². The van der Waals surface area contributed by atoms with Crippen LogP contribution >= 0.6 is 0 Å². The molecule has 1 aromatic carbocycles. The molecule has 0 bridgehead atoms. The minimum Gasteiger partial charge on any atom is -0.496 e. The van der Waals surface area contributed by atoms with Crippen LogP contribution in [0.4, 0.5) is 4.39 Å². The largest absolute Gasteiger partial charge is 0.496 e. The minimum absolute atomic E-state index is 0.00255. The number of hydrazine groups is 1. The number of methoxy groups -OCH3 is 1. The highest BCUT2D eigenvalue weighted by Gasteiger charge is 2.08. The molecule has 0 saturated heterocycles. The van der Waals surface area contributed by atoms with Crippen LogP contribution in [0.15, 0.2) is 18.2 Å². The summed E-state index contributed by atoms with van der Waals surface area (Å²) in [4.78, 5) is 10.9. The summed E-state index contributed by atoms with van der Waals surface area (Å²) >= 11 is 0. The van der Waals surface area contributed by atoms with Crippen molar-refractivity contribution >= 4 is 5.91 Å². The van der Waals surface area contributed by atoms with Crippen LogP contribution in [0.2, 0.25) is 0 Å². The molecule has 4 nitrogen and oxygen atoms in total. The zero-order valence-corrected chi connectivity index (χ0v) is 7.71. The first-order chi connectivity index (χ1) is 6.67. The van der Waals surface area contributed by atoms with Gasteiger partial charge in [0.25, 0.3) is 0 Å². The Balaban J connectivity index is 2.93. The molecule has 1 rings (SSSR count). The molecule has 0 aliphatic rings. The molecule has 0 aliphatic heterocycles. The van der Waals surface area contributed by atoms with Crippen molar-refractivity contribution < 1.29 is 13.9 Å². The molecule has 0 atom stereocenters. The zero-order chi connectivity index (χ0) is 10.6. The van der Waals surface area contributed by atoms with Crippen molar-refractivity contribution in [2.24, 2.45) is 5.84 Å². The molecule has 0 radical (unpaired) electrons. The van der Waals surface area contributed by atoms with Gasteiger partial charge in [0.15, 0.2) is 0 Å². The van der Waals surface area contributed by atoms with Crippen molar-refractivity contribution in [3.63, 3.8) is 0 Å². The first-order valence-corrected chi connectivity index (χ1v) is 3.99. The van der Waals surface area contributed by atoms with E-state index in [1.165, 1.54) is 25.3 Å². The number of benzene rings is 1. The lowest BCUT2D eigenvalue weighted by molar-refractivity contribution is -0.120. The molecule has 0 heterocycles. The summed E-state index contributed by atoms with van der Waals surface area (Å²) in [5.74, 6) is 4.58. The van der Waals surface area contributed by atoms with Gasteiger partial charge in [0, 0.05) is 5.56 Å². The number of halogens is 1. The molecule has 0 aromatic heterocycles. The molecule has 0 fully saturated rings. The number of hydrogen-bond donors (Lipinski definition) is 2. The van der Waals surface area contributed by atoms with E-state index >= 15 is 0 Å². The SMILES string of the molecule is COc1ccc(F)cc1CC(=O)NN. The smallest absolute Gasteiger partial charge is 0.238 e. The summed E-state index contributed by atoms with van der Waals surface area (Å²) in [5.41, 5.74) is 2.44. The molecule has 76 valence electrons. The first kappa shape index (κ1) is 10.5. The first-order valence-electron chi connectivity index (χ1n) is 3.99. The highest BCUT2D eigenvalue weighted by Crippen LogP contribution is 2.19. The standard InChI is InChI=1S/C9H11FN2O2/c1-14-8-3-2-7(10)4-6(8)5-9(13)12-11/h2-4H,5,11H2,1H3,(H,12,13). The maximum absolute atomic E-state index is 12.8. The van der Waals surface area contributed by atoms with Crippen molar-refractivity contribution in [1.82, 2.24) is 5.43 Å². The average molecular weight is 198 g/mol. The summed E-state index contributed by atoms with van der Waals surface area (Å²) < 4.78 is 17.8. The lowest BCUT2D eigenvalue weighted by Crippen LogP contribution is -2.31. The molecule has 3 N–H and O–H groups in total. The van der Waals surface area contributed by atoms with Gasteiger partial charge in [0.2, 0.25) is 5.91 Å². The molecule has 0 spiro atoms. The van der Waals surface area contributed by atoms with E-state index in [0.717, 1.165) is 0 Å². The normalized spacial score (nSPS) is 9.64. The van der Waals surface area contributed by atoms with Gasteiger partial charge in [-0.3, -0.25) is 10.2 Å². The van der Waals surface area contributed by atoms with E-state index < -0.39 is 11.7 Å². The molecular weight excluding hydrogens is 187 g/mol. The van der Waals surface area contributed by atoms with Crippen molar-refractivity contribution in [1.29, 1.82) is 0 Å². The van der Waals surface area contributed by atoms with Gasteiger partial charge >= 0.3 is 0 Å². The van der Waals surface area contributed by atoms with Crippen LogP contribution in [0.5, 0.6) is 5.75 Å². The van der Waals surface area contributed by atoms with Crippen molar-refractivity contribution in [3.8, 4) is 5.75 Å². The predicted octanol–water partition coefficient (Wildman–Crippen LogP) is 0.367. The van der Waals surface area contributed by atoms with Crippen LogP contribution < -0.4 is 16.0 Å². The fraction of sp³-hybridized carbons (Fsp3) is 0.222. The molecule has 14 heavy (non-hydrogen) atoms. The molecule has 0 saturated carbocycles. The number of nitrogens with one attached hydrogen (secondary N) is 1. The predicted molar refractivity (Wildman–Crippen MR) is 49.0 cm³/mol. The Morgan fingerprint density at radius 1 is 1.64 bits per heavy atom. The van der Waals surface area contributed by atoms with E-state index in [9.17, 15) is 9.18 Å². The van der Waals surface area contributed by atoms with Crippen molar-refractivity contribution in [2.75, 3.05) is 7.11 Å². The molecule has 5 heteroatoms. The average Bonchev–Trinajstić information content (AvgIpc) is 2.18. The molecule has 1 aromatic rings. The number of rotatable bonds is 3. The maximum atomic E-state index is 12.8. The van der Waals surface area contributed by atoms with Gasteiger partial charge in [-0.1, -0.05) is 0 Å². The van der Waals surface area contributed by atoms with Gasteiger partial charge < -0.3 is 4.74 Å². The third-order valence-electron chi connectivity index (χ3n) is 1.75. The highest BCUT2D eigenvalue weighted by molar-refractivity contribution is 5.78. The van der Waals surface area contributed by atoms with Crippen LogP contribution in [-0.4, -0.2) is 13.0 Å². The third kappa shape index (κ3) is 2.43. The molecule has 0 aliphatic carbocycles. The Labute approximate surface area is 80.8 Å². The van der Waals surface area contributed by atoms with E-state index in [-0.39, 0.29) is 6.42 Å². The number of amides is 1. The number of hydrogen-bond acceptors (Lipinski definition) is 3. The summed E-state index contributed by atoms with van der Waals surface area (Å²) in [6.45, 7) is 0. The number of carbonyl (C=O) groups is 1. The second-order valence-electron chi connectivity index (χ2n) is 2.70. The number of carbonyl (C=O) groups excluding carboxylic acids is 1. The third-order valence-corrected chi connectivity index (χ3v) is 1.75. The Morgan fingerprint density at radius 2 is 2.36 bits per heavy atom. The van der Waals surface area contributed by atoms with Gasteiger partial charge in [-0.2, -0.15) is 0 Å². The summed E-state index contributed by atoms with van der Waals surface area (Å²) in [7, 11) is 1.46. The minimum atomic E-state index is -0.411. The van der Waals surface area contributed by atoms with Gasteiger partial charge in [-0.15, -0.1) is 0 Å². The number of ether oxygens (including phenoxy) is 1. The summed E-state index contributed by atoms with van der Waals surface area (Å²) in [6, 6.07) is 3.98. The lowest BCUT2D eigenvalue weighted by atomic mass is 10.1. The Kier molecular flexibility index (Phi) is 3.41. The van der Waals surface area contributed by atoms with Crippen LogP contribution in [0.1, 0.15) is 5.56 Å². The second-order valence-corrected chi connectivity index (χ2v) is 2.70. The van der Waals surface area contributed by atoms with Gasteiger partial charge in [0.1, 0.15) is 11.6 Å². The second kappa shape index (κ2) is 4.57. The van der Waals surface area contributed by atoms with E-state index in [1.54, 1.807) is 0 Å². The van der Waals surface area contributed by atoms with E-state index in [0.29, 0.717) is 11.3 Å². The van der Waals surface area contributed by atoms with E-state index in [2.05, 4.69) is 0 Å². The van der Waals surface area contributed by atoms with Gasteiger partial charge in [0.05, 0.1) is 13.5 Å². The quantitative estimate of drug-likeness (QED) is 0.419. The number of nitrogens with two attached hydrogens (primary N) is 1. The summed E-state index contributed by atoms with van der Waals surface area (Å²) in [5, 5.41) is 0. The van der Waals surface area contributed by atoms with Gasteiger partial charge in [-0.25, -0.2) is 10.2 Å². The molecular formula is C9H11FN2O2.